The van der Waals surface area contributed by atoms with Gasteiger partial charge >= 0.3 is 0 Å². The van der Waals surface area contributed by atoms with E-state index in [0.717, 1.165) is 16.6 Å². The third kappa shape index (κ3) is 3.66. The Hall–Kier alpha value is -2.18. The first-order chi connectivity index (χ1) is 11.6. The van der Waals surface area contributed by atoms with E-state index < -0.39 is 0 Å². The minimum absolute atomic E-state index is 0.102. The molecule has 0 spiro atoms. The summed E-state index contributed by atoms with van der Waals surface area (Å²) in [6.45, 7) is 2.08. The predicted octanol–water partition coefficient (Wildman–Crippen LogP) is 5.02. The average Bonchev–Trinajstić information content (AvgIpc) is 2.94. The SMILES string of the molecule is CCc1ccc(C(=O)c2sc(Nc3cccc(Br)c3)nc2N)cc1. The summed E-state index contributed by atoms with van der Waals surface area (Å²) in [5, 5.41) is 3.77. The van der Waals surface area contributed by atoms with Gasteiger partial charge in [-0.05, 0) is 30.2 Å². The van der Waals surface area contributed by atoms with E-state index in [-0.39, 0.29) is 11.6 Å². The van der Waals surface area contributed by atoms with Gasteiger partial charge in [-0.1, -0.05) is 64.5 Å². The lowest BCUT2D eigenvalue weighted by molar-refractivity contribution is 0.104. The second-order valence-electron chi connectivity index (χ2n) is 5.25. The highest BCUT2D eigenvalue weighted by molar-refractivity contribution is 9.10. The molecule has 6 heteroatoms. The van der Waals surface area contributed by atoms with Gasteiger partial charge in [0.25, 0.3) is 0 Å². The molecule has 3 N–H and O–H groups in total. The third-order valence-electron chi connectivity index (χ3n) is 3.56. The van der Waals surface area contributed by atoms with Gasteiger partial charge in [0, 0.05) is 15.7 Å². The fourth-order valence-corrected chi connectivity index (χ4v) is 3.53. The average molecular weight is 402 g/mol. The largest absolute Gasteiger partial charge is 0.382 e. The van der Waals surface area contributed by atoms with Crippen LogP contribution < -0.4 is 11.1 Å². The summed E-state index contributed by atoms with van der Waals surface area (Å²) < 4.78 is 0.962. The number of hydrogen-bond donors (Lipinski definition) is 2. The number of rotatable bonds is 5. The molecule has 0 aliphatic rings. The van der Waals surface area contributed by atoms with E-state index in [1.807, 2.05) is 48.5 Å². The summed E-state index contributed by atoms with van der Waals surface area (Å²) in [4.78, 5) is 17.4. The van der Waals surface area contributed by atoms with Crippen molar-refractivity contribution in [2.75, 3.05) is 11.1 Å². The summed E-state index contributed by atoms with van der Waals surface area (Å²) >= 11 is 4.69. The number of anilines is 3. The van der Waals surface area contributed by atoms with E-state index in [2.05, 4.69) is 33.2 Å². The smallest absolute Gasteiger partial charge is 0.206 e. The summed E-state index contributed by atoms with van der Waals surface area (Å²) in [6, 6.07) is 15.3. The zero-order chi connectivity index (χ0) is 17.1. The number of thiazole rings is 1. The lowest BCUT2D eigenvalue weighted by Gasteiger charge is -2.02. The number of ketones is 1. The molecule has 0 atom stereocenters. The van der Waals surface area contributed by atoms with Crippen LogP contribution in [-0.4, -0.2) is 10.8 Å². The van der Waals surface area contributed by atoms with Crippen molar-refractivity contribution in [1.82, 2.24) is 4.98 Å². The first-order valence-corrected chi connectivity index (χ1v) is 9.10. The first-order valence-electron chi connectivity index (χ1n) is 7.49. The molecule has 0 unspecified atom stereocenters. The molecule has 0 bridgehead atoms. The number of halogens is 1. The summed E-state index contributed by atoms with van der Waals surface area (Å²) in [6.07, 6.45) is 0.942. The number of aryl methyl sites for hydroxylation is 1. The quantitative estimate of drug-likeness (QED) is 0.588. The summed E-state index contributed by atoms with van der Waals surface area (Å²) in [5.41, 5.74) is 8.64. The fourth-order valence-electron chi connectivity index (χ4n) is 2.26. The van der Waals surface area contributed by atoms with Crippen molar-refractivity contribution in [2.45, 2.75) is 13.3 Å². The number of nitrogens with one attached hydrogen (secondary N) is 1. The van der Waals surface area contributed by atoms with Crippen molar-refractivity contribution in [3.8, 4) is 0 Å². The standard InChI is InChI=1S/C18H16BrN3OS/c1-2-11-6-8-12(9-7-11)15(23)16-17(20)22-18(24-16)21-14-5-3-4-13(19)10-14/h3-10H,2,20H2,1H3,(H,21,22). The number of aromatic nitrogens is 1. The molecule has 0 saturated carbocycles. The van der Waals surface area contributed by atoms with E-state index in [4.69, 9.17) is 5.73 Å². The molecule has 0 aliphatic heterocycles. The molecule has 0 amide bonds. The number of nitrogens with zero attached hydrogens (tertiary/aromatic N) is 1. The Labute approximate surface area is 152 Å². The first kappa shape index (κ1) is 16.7. The maximum Gasteiger partial charge on any atom is 0.206 e. The molecular weight excluding hydrogens is 386 g/mol. The number of nitrogens with two attached hydrogens (primary N) is 1. The Bertz CT molecular complexity index is 874. The highest BCUT2D eigenvalue weighted by atomic mass is 79.9. The molecule has 0 saturated heterocycles. The van der Waals surface area contributed by atoms with Gasteiger partial charge in [0.15, 0.2) is 5.13 Å². The van der Waals surface area contributed by atoms with Crippen molar-refractivity contribution in [3.63, 3.8) is 0 Å². The van der Waals surface area contributed by atoms with Crippen LogP contribution in [0.4, 0.5) is 16.6 Å². The van der Waals surface area contributed by atoms with Crippen molar-refractivity contribution < 1.29 is 4.79 Å². The van der Waals surface area contributed by atoms with Crippen LogP contribution in [0.2, 0.25) is 0 Å². The second-order valence-corrected chi connectivity index (χ2v) is 7.16. The molecule has 24 heavy (non-hydrogen) atoms. The Morgan fingerprint density at radius 1 is 1.25 bits per heavy atom. The number of hydrogen-bond acceptors (Lipinski definition) is 5. The number of benzene rings is 2. The number of nitrogen functional groups attached to an aromatic ring is 1. The van der Waals surface area contributed by atoms with E-state index >= 15 is 0 Å². The number of carbonyl (C=O) groups is 1. The normalized spacial score (nSPS) is 10.6. The summed E-state index contributed by atoms with van der Waals surface area (Å²) in [7, 11) is 0. The monoisotopic (exact) mass is 401 g/mol. The molecule has 2 aromatic carbocycles. The fraction of sp³-hybridized carbons (Fsp3) is 0.111. The van der Waals surface area contributed by atoms with Crippen LogP contribution in [0.3, 0.4) is 0 Å². The van der Waals surface area contributed by atoms with Crippen LogP contribution in [0, 0.1) is 0 Å². The maximum absolute atomic E-state index is 12.6. The molecule has 3 rings (SSSR count). The Morgan fingerprint density at radius 2 is 2.00 bits per heavy atom. The molecule has 1 aromatic heterocycles. The van der Waals surface area contributed by atoms with Crippen LogP contribution in [0.25, 0.3) is 0 Å². The van der Waals surface area contributed by atoms with E-state index in [1.165, 1.54) is 16.9 Å². The lowest BCUT2D eigenvalue weighted by Crippen LogP contribution is -2.02. The van der Waals surface area contributed by atoms with Crippen molar-refractivity contribution in [2.24, 2.45) is 0 Å². The predicted molar refractivity (Wildman–Crippen MR) is 103 cm³/mol. The molecule has 0 radical (unpaired) electrons. The van der Waals surface area contributed by atoms with Crippen LogP contribution in [0.15, 0.2) is 53.0 Å². The van der Waals surface area contributed by atoms with Gasteiger partial charge < -0.3 is 11.1 Å². The van der Waals surface area contributed by atoms with E-state index in [1.54, 1.807) is 0 Å². The molecule has 0 aliphatic carbocycles. The van der Waals surface area contributed by atoms with Gasteiger partial charge in [0.1, 0.15) is 10.7 Å². The van der Waals surface area contributed by atoms with Crippen LogP contribution in [-0.2, 0) is 6.42 Å². The molecular formula is C18H16BrN3OS. The zero-order valence-electron chi connectivity index (χ0n) is 13.0. The second kappa shape index (κ2) is 7.15. The van der Waals surface area contributed by atoms with Crippen molar-refractivity contribution >= 4 is 49.7 Å². The lowest BCUT2D eigenvalue weighted by atomic mass is 10.1. The van der Waals surface area contributed by atoms with Gasteiger partial charge in [-0.3, -0.25) is 4.79 Å². The Kier molecular flexibility index (Phi) is 4.97. The van der Waals surface area contributed by atoms with Crippen molar-refractivity contribution in [1.29, 1.82) is 0 Å². The Balaban J connectivity index is 1.83. The van der Waals surface area contributed by atoms with E-state index in [0.29, 0.717) is 15.6 Å². The minimum atomic E-state index is -0.102. The molecule has 122 valence electrons. The van der Waals surface area contributed by atoms with Crippen molar-refractivity contribution in [3.05, 3.63) is 69.0 Å². The topological polar surface area (TPSA) is 68.0 Å². The highest BCUT2D eigenvalue weighted by Crippen LogP contribution is 2.30. The van der Waals surface area contributed by atoms with Gasteiger partial charge in [-0.25, -0.2) is 4.98 Å². The van der Waals surface area contributed by atoms with E-state index in [9.17, 15) is 4.79 Å². The summed E-state index contributed by atoms with van der Waals surface area (Å²) in [5.74, 6) is 0.150. The molecule has 4 nitrogen and oxygen atoms in total. The Morgan fingerprint density at radius 3 is 2.67 bits per heavy atom. The molecule has 0 fully saturated rings. The third-order valence-corrected chi connectivity index (χ3v) is 5.04. The number of carbonyl (C=O) groups excluding carboxylic acids is 1. The highest BCUT2D eigenvalue weighted by Gasteiger charge is 2.18. The molecule has 3 aromatic rings. The van der Waals surface area contributed by atoms with Gasteiger partial charge in [0.2, 0.25) is 5.78 Å². The van der Waals surface area contributed by atoms with Gasteiger partial charge in [0.05, 0.1) is 0 Å². The van der Waals surface area contributed by atoms with Gasteiger partial charge in [-0.15, -0.1) is 0 Å². The van der Waals surface area contributed by atoms with Crippen LogP contribution >= 0.6 is 27.3 Å². The van der Waals surface area contributed by atoms with Gasteiger partial charge in [-0.2, -0.15) is 0 Å². The minimum Gasteiger partial charge on any atom is -0.382 e. The van der Waals surface area contributed by atoms with Crippen LogP contribution in [0.1, 0.15) is 27.7 Å². The van der Waals surface area contributed by atoms with Crippen LogP contribution in [0.5, 0.6) is 0 Å². The molecule has 1 heterocycles. The zero-order valence-corrected chi connectivity index (χ0v) is 15.4. The maximum atomic E-state index is 12.6.